The van der Waals surface area contributed by atoms with Crippen molar-refractivity contribution < 1.29 is 19.4 Å². The molecular formula is C19H22N2O4. The molecule has 6 heteroatoms. The van der Waals surface area contributed by atoms with Gasteiger partial charge in [-0.15, -0.1) is 0 Å². The number of amides is 1. The number of aromatic nitrogens is 1. The maximum absolute atomic E-state index is 12.3. The van der Waals surface area contributed by atoms with Crippen LogP contribution in [0.5, 0.6) is 5.75 Å². The Hall–Kier alpha value is -2.89. The van der Waals surface area contributed by atoms with Crippen LogP contribution in [0.3, 0.4) is 0 Å². The third kappa shape index (κ3) is 5.04. The van der Waals surface area contributed by atoms with E-state index in [1.165, 1.54) is 31.7 Å². The molecule has 0 fully saturated rings. The predicted octanol–water partition coefficient (Wildman–Crippen LogP) is 3.77. The number of hydrogen-bond donors (Lipinski definition) is 2. The van der Waals surface area contributed by atoms with Gasteiger partial charge >= 0.3 is 5.97 Å². The molecule has 0 aliphatic carbocycles. The van der Waals surface area contributed by atoms with Gasteiger partial charge < -0.3 is 15.2 Å². The highest BCUT2D eigenvalue weighted by molar-refractivity contribution is 6.03. The number of carboxylic acid groups (broad SMARTS) is 1. The maximum atomic E-state index is 12.3. The number of pyridine rings is 1. The smallest absolute Gasteiger partial charge is 0.339 e. The molecule has 0 bridgehead atoms. The Morgan fingerprint density at radius 2 is 2.00 bits per heavy atom. The Balaban J connectivity index is 2.05. The number of aromatic carboxylic acids is 1. The van der Waals surface area contributed by atoms with E-state index in [0.29, 0.717) is 11.4 Å². The van der Waals surface area contributed by atoms with Crippen molar-refractivity contribution in [3.63, 3.8) is 0 Å². The van der Waals surface area contributed by atoms with E-state index >= 15 is 0 Å². The fourth-order valence-corrected chi connectivity index (χ4v) is 2.43. The molecular weight excluding hydrogens is 320 g/mol. The molecule has 25 heavy (non-hydrogen) atoms. The molecule has 0 unspecified atom stereocenters. The van der Waals surface area contributed by atoms with Gasteiger partial charge in [-0.2, -0.15) is 0 Å². The molecule has 0 saturated carbocycles. The quantitative estimate of drug-likeness (QED) is 0.713. The minimum absolute atomic E-state index is 0.0371. The van der Waals surface area contributed by atoms with Gasteiger partial charge in [0, 0.05) is 18.0 Å². The molecule has 132 valence electrons. The van der Waals surface area contributed by atoms with E-state index in [1.54, 1.807) is 12.3 Å². The minimum Gasteiger partial charge on any atom is -0.496 e. The first-order valence-electron chi connectivity index (χ1n) is 8.22. The van der Waals surface area contributed by atoms with Crippen LogP contribution >= 0.6 is 0 Å². The molecule has 1 aromatic heterocycles. The number of benzene rings is 1. The van der Waals surface area contributed by atoms with Crippen LogP contribution in [-0.4, -0.2) is 29.1 Å². The molecule has 2 N–H and O–H groups in total. The Morgan fingerprint density at radius 1 is 1.20 bits per heavy atom. The summed E-state index contributed by atoms with van der Waals surface area (Å²) in [6.07, 6.45) is 6.13. The summed E-state index contributed by atoms with van der Waals surface area (Å²) in [5.74, 6) is -1.26. The number of aryl methyl sites for hydroxylation is 1. The topological polar surface area (TPSA) is 88.5 Å². The van der Waals surface area contributed by atoms with Crippen LogP contribution < -0.4 is 10.1 Å². The zero-order chi connectivity index (χ0) is 18.2. The third-order valence-corrected chi connectivity index (χ3v) is 3.82. The number of carboxylic acids is 1. The van der Waals surface area contributed by atoms with E-state index in [9.17, 15) is 9.59 Å². The van der Waals surface area contributed by atoms with Crippen LogP contribution in [0.15, 0.2) is 36.5 Å². The molecule has 1 amide bonds. The molecule has 0 aliphatic rings. The van der Waals surface area contributed by atoms with Gasteiger partial charge in [0.25, 0.3) is 5.91 Å². The second-order valence-electron chi connectivity index (χ2n) is 5.68. The second kappa shape index (κ2) is 8.82. The van der Waals surface area contributed by atoms with E-state index in [4.69, 9.17) is 9.84 Å². The number of rotatable bonds is 8. The summed E-state index contributed by atoms with van der Waals surface area (Å²) < 4.78 is 5.05. The van der Waals surface area contributed by atoms with E-state index in [-0.39, 0.29) is 17.2 Å². The third-order valence-electron chi connectivity index (χ3n) is 3.82. The molecule has 2 rings (SSSR count). The van der Waals surface area contributed by atoms with Crippen molar-refractivity contribution in [3.8, 4) is 5.75 Å². The first kappa shape index (κ1) is 18.4. The van der Waals surface area contributed by atoms with E-state index in [2.05, 4.69) is 17.2 Å². The lowest BCUT2D eigenvalue weighted by molar-refractivity contribution is 0.0693. The zero-order valence-electron chi connectivity index (χ0n) is 14.4. The lowest BCUT2D eigenvalue weighted by Crippen LogP contribution is -2.14. The Bertz CT molecular complexity index is 742. The fraction of sp³-hybridized carbons (Fsp3) is 0.316. The second-order valence-corrected chi connectivity index (χ2v) is 5.68. The number of nitrogens with zero attached hydrogens (tertiary/aromatic N) is 1. The highest BCUT2D eigenvalue weighted by atomic mass is 16.5. The predicted molar refractivity (Wildman–Crippen MR) is 95.4 cm³/mol. The summed E-state index contributed by atoms with van der Waals surface area (Å²) in [4.78, 5) is 27.6. The summed E-state index contributed by atoms with van der Waals surface area (Å²) >= 11 is 0. The lowest BCUT2D eigenvalue weighted by atomic mass is 10.1. The zero-order valence-corrected chi connectivity index (χ0v) is 14.4. The van der Waals surface area contributed by atoms with E-state index in [0.717, 1.165) is 24.8 Å². The fourth-order valence-electron chi connectivity index (χ4n) is 2.43. The molecule has 2 aromatic rings. The molecule has 0 saturated heterocycles. The summed E-state index contributed by atoms with van der Waals surface area (Å²) in [6, 6.07) is 7.98. The average Bonchev–Trinajstić information content (AvgIpc) is 2.62. The van der Waals surface area contributed by atoms with Crippen molar-refractivity contribution >= 4 is 17.6 Å². The Labute approximate surface area is 146 Å². The number of anilines is 1. The van der Waals surface area contributed by atoms with Gasteiger partial charge in [-0.3, -0.25) is 9.78 Å². The number of nitrogens with one attached hydrogen (secondary N) is 1. The SMILES string of the molecule is CCCCCc1ccc(C(=O)Nc2ccc(C(=O)O)c(OC)c2)nc1. The number of unbranched alkanes of at least 4 members (excludes halogenated alkanes) is 2. The van der Waals surface area contributed by atoms with Gasteiger partial charge in [0.1, 0.15) is 17.0 Å². The Morgan fingerprint density at radius 3 is 2.60 bits per heavy atom. The van der Waals surface area contributed by atoms with Gasteiger partial charge in [0.2, 0.25) is 0 Å². The van der Waals surface area contributed by atoms with Crippen molar-refractivity contribution in [3.05, 3.63) is 53.3 Å². The molecule has 1 aromatic carbocycles. The first-order valence-corrected chi connectivity index (χ1v) is 8.22. The maximum Gasteiger partial charge on any atom is 0.339 e. The summed E-state index contributed by atoms with van der Waals surface area (Å²) in [6.45, 7) is 2.16. The number of carbonyl (C=O) groups excluding carboxylic acids is 1. The van der Waals surface area contributed by atoms with Crippen molar-refractivity contribution in [1.82, 2.24) is 4.98 Å². The Kier molecular flexibility index (Phi) is 6.51. The number of carbonyl (C=O) groups is 2. The average molecular weight is 342 g/mol. The van der Waals surface area contributed by atoms with Gasteiger partial charge in [-0.05, 0) is 36.6 Å². The van der Waals surface area contributed by atoms with Gasteiger partial charge in [-0.1, -0.05) is 25.8 Å². The molecule has 0 spiro atoms. The van der Waals surface area contributed by atoms with Gasteiger partial charge in [0.15, 0.2) is 0 Å². The largest absolute Gasteiger partial charge is 0.496 e. The van der Waals surface area contributed by atoms with Crippen molar-refractivity contribution in [2.45, 2.75) is 32.6 Å². The number of ether oxygens (including phenoxy) is 1. The molecule has 0 radical (unpaired) electrons. The molecule has 6 nitrogen and oxygen atoms in total. The van der Waals surface area contributed by atoms with E-state index in [1.807, 2.05) is 6.07 Å². The highest BCUT2D eigenvalue weighted by Gasteiger charge is 2.13. The number of methoxy groups -OCH3 is 1. The summed E-state index contributed by atoms with van der Waals surface area (Å²) in [7, 11) is 1.38. The number of hydrogen-bond acceptors (Lipinski definition) is 4. The molecule has 0 atom stereocenters. The standard InChI is InChI=1S/C19H22N2O4/c1-3-4-5-6-13-7-10-16(20-12-13)18(22)21-14-8-9-15(19(23)24)17(11-14)25-2/h7-12H,3-6H2,1-2H3,(H,21,22)(H,23,24). The van der Waals surface area contributed by atoms with Crippen molar-refractivity contribution in [1.29, 1.82) is 0 Å². The first-order chi connectivity index (χ1) is 12.0. The van der Waals surface area contributed by atoms with Crippen LogP contribution in [0.25, 0.3) is 0 Å². The van der Waals surface area contributed by atoms with Gasteiger partial charge in [0.05, 0.1) is 7.11 Å². The van der Waals surface area contributed by atoms with Gasteiger partial charge in [-0.25, -0.2) is 4.79 Å². The van der Waals surface area contributed by atoms with Crippen LogP contribution in [0.4, 0.5) is 5.69 Å². The van der Waals surface area contributed by atoms with Crippen molar-refractivity contribution in [2.24, 2.45) is 0 Å². The molecule has 0 aliphatic heterocycles. The summed E-state index contributed by atoms with van der Waals surface area (Å²) in [5.41, 5.74) is 1.90. The normalized spacial score (nSPS) is 10.3. The van der Waals surface area contributed by atoms with Crippen LogP contribution in [-0.2, 0) is 6.42 Å². The minimum atomic E-state index is -1.09. The highest BCUT2D eigenvalue weighted by Crippen LogP contribution is 2.23. The van der Waals surface area contributed by atoms with Crippen molar-refractivity contribution in [2.75, 3.05) is 12.4 Å². The van der Waals surface area contributed by atoms with Crippen LogP contribution in [0.1, 0.15) is 52.6 Å². The van der Waals surface area contributed by atoms with E-state index < -0.39 is 5.97 Å². The monoisotopic (exact) mass is 342 g/mol. The van der Waals surface area contributed by atoms with Crippen LogP contribution in [0, 0.1) is 0 Å². The lowest BCUT2D eigenvalue weighted by Gasteiger charge is -2.09. The van der Waals surface area contributed by atoms with Crippen LogP contribution in [0.2, 0.25) is 0 Å². The molecule has 1 heterocycles. The summed E-state index contributed by atoms with van der Waals surface area (Å²) in [5, 5.41) is 11.8.